The van der Waals surface area contributed by atoms with Crippen molar-refractivity contribution >= 4 is 21.4 Å². The second-order valence-electron chi connectivity index (χ2n) is 3.83. The zero-order chi connectivity index (χ0) is 12.1. The molecule has 0 fully saturated rings. The van der Waals surface area contributed by atoms with Gasteiger partial charge >= 0.3 is 0 Å². The average molecular weight is 247 g/mol. The summed E-state index contributed by atoms with van der Waals surface area (Å²) in [4.78, 5) is 1.36. The van der Waals surface area contributed by atoms with Crippen LogP contribution in [0.3, 0.4) is 0 Å². The zero-order valence-corrected chi connectivity index (χ0v) is 10.8. The molecule has 0 amide bonds. The van der Waals surface area contributed by atoms with Gasteiger partial charge in [-0.05, 0) is 18.5 Å². The molecule has 3 heteroatoms. The highest BCUT2D eigenvalue weighted by Crippen LogP contribution is 2.31. The van der Waals surface area contributed by atoms with Crippen LogP contribution in [0.4, 0.5) is 0 Å². The van der Waals surface area contributed by atoms with E-state index in [0.717, 1.165) is 6.54 Å². The summed E-state index contributed by atoms with van der Waals surface area (Å²) in [6.45, 7) is 5.82. The van der Waals surface area contributed by atoms with E-state index in [4.69, 9.17) is 4.74 Å². The van der Waals surface area contributed by atoms with E-state index in [1.165, 1.54) is 20.5 Å². The second kappa shape index (κ2) is 5.96. The number of hydrogen-bond donors (Lipinski definition) is 1. The lowest BCUT2D eigenvalue weighted by atomic mass is 10.1. The van der Waals surface area contributed by atoms with E-state index < -0.39 is 0 Å². The third-order valence-corrected chi connectivity index (χ3v) is 3.81. The van der Waals surface area contributed by atoms with Gasteiger partial charge in [0.1, 0.15) is 0 Å². The van der Waals surface area contributed by atoms with Crippen molar-refractivity contribution < 1.29 is 4.74 Å². The van der Waals surface area contributed by atoms with Gasteiger partial charge in [0.25, 0.3) is 0 Å². The minimum Gasteiger partial charge on any atom is -0.373 e. The molecule has 0 saturated heterocycles. The van der Waals surface area contributed by atoms with Crippen LogP contribution in [0.5, 0.6) is 0 Å². The van der Waals surface area contributed by atoms with Crippen LogP contribution >= 0.6 is 11.3 Å². The molecule has 1 N–H and O–H groups in total. The normalized spacial score (nSPS) is 10.9. The van der Waals surface area contributed by atoms with E-state index in [1.54, 1.807) is 6.08 Å². The fraction of sp³-hybridized carbons (Fsp3) is 0.286. The number of fused-ring (bicyclic) bond motifs is 1. The third kappa shape index (κ3) is 2.75. The molecule has 2 nitrogen and oxygen atoms in total. The first kappa shape index (κ1) is 12.3. The van der Waals surface area contributed by atoms with Crippen molar-refractivity contribution in [1.29, 1.82) is 0 Å². The lowest BCUT2D eigenvalue weighted by molar-refractivity contribution is 0.149. The van der Waals surface area contributed by atoms with Crippen molar-refractivity contribution in [3.8, 4) is 0 Å². The van der Waals surface area contributed by atoms with Gasteiger partial charge in [0.05, 0.1) is 13.2 Å². The minimum atomic E-state index is 0.600. The average Bonchev–Trinajstić information content (AvgIpc) is 2.69. The molecule has 0 aliphatic rings. The topological polar surface area (TPSA) is 21.3 Å². The smallest absolute Gasteiger partial charge is 0.0738 e. The standard InChI is InChI=1S/C14H17NOS/c1-3-8-16-10-12-11-6-4-5-7-13(11)17-14(12)9-15-2/h3-7,15H,1,8-10H2,2H3. The summed E-state index contributed by atoms with van der Waals surface area (Å²) in [5.41, 5.74) is 1.31. The lowest BCUT2D eigenvalue weighted by Crippen LogP contribution is -2.06. The first-order valence-electron chi connectivity index (χ1n) is 5.69. The first-order chi connectivity index (χ1) is 8.36. The third-order valence-electron chi connectivity index (χ3n) is 2.60. The monoisotopic (exact) mass is 247 g/mol. The summed E-state index contributed by atoms with van der Waals surface area (Å²) >= 11 is 1.84. The van der Waals surface area contributed by atoms with Gasteiger partial charge in [-0.3, -0.25) is 0 Å². The lowest BCUT2D eigenvalue weighted by Gasteiger charge is -2.04. The Balaban J connectivity index is 2.33. The van der Waals surface area contributed by atoms with E-state index in [-0.39, 0.29) is 0 Å². The van der Waals surface area contributed by atoms with Crippen molar-refractivity contribution in [2.45, 2.75) is 13.2 Å². The molecule has 0 unspecified atom stereocenters. The van der Waals surface area contributed by atoms with Crippen molar-refractivity contribution in [1.82, 2.24) is 5.32 Å². The van der Waals surface area contributed by atoms with Gasteiger partial charge in [-0.25, -0.2) is 0 Å². The number of thiophene rings is 1. The summed E-state index contributed by atoms with van der Waals surface area (Å²) in [5.74, 6) is 0. The summed E-state index contributed by atoms with van der Waals surface area (Å²) < 4.78 is 6.91. The van der Waals surface area contributed by atoms with Gasteiger partial charge in [-0.2, -0.15) is 0 Å². The Morgan fingerprint density at radius 1 is 1.41 bits per heavy atom. The van der Waals surface area contributed by atoms with Crippen LogP contribution in [0.2, 0.25) is 0 Å². The molecule has 1 heterocycles. The predicted octanol–water partition coefficient (Wildman–Crippen LogP) is 3.32. The van der Waals surface area contributed by atoms with Crippen molar-refractivity contribution in [3.63, 3.8) is 0 Å². The molecular formula is C14H17NOS. The van der Waals surface area contributed by atoms with Crippen LogP contribution in [-0.2, 0) is 17.9 Å². The number of rotatable bonds is 6. The maximum Gasteiger partial charge on any atom is 0.0738 e. The van der Waals surface area contributed by atoms with Gasteiger partial charge < -0.3 is 10.1 Å². The molecule has 1 aromatic heterocycles. The largest absolute Gasteiger partial charge is 0.373 e. The molecule has 2 rings (SSSR count). The summed E-state index contributed by atoms with van der Waals surface area (Å²) in [6, 6.07) is 8.49. The fourth-order valence-electron chi connectivity index (χ4n) is 1.86. The first-order valence-corrected chi connectivity index (χ1v) is 6.51. The van der Waals surface area contributed by atoms with Crippen molar-refractivity contribution in [2.75, 3.05) is 13.7 Å². The van der Waals surface area contributed by atoms with Crippen molar-refractivity contribution in [2.24, 2.45) is 0 Å². The summed E-state index contributed by atoms with van der Waals surface area (Å²) in [7, 11) is 1.97. The Kier molecular flexibility index (Phi) is 4.31. The molecule has 0 atom stereocenters. The number of ether oxygens (including phenoxy) is 1. The quantitative estimate of drug-likeness (QED) is 0.624. The Morgan fingerprint density at radius 3 is 3.00 bits per heavy atom. The Bertz CT molecular complexity index is 504. The van der Waals surface area contributed by atoms with E-state index in [1.807, 2.05) is 18.4 Å². The minimum absolute atomic E-state index is 0.600. The molecular weight excluding hydrogens is 230 g/mol. The molecule has 0 aliphatic carbocycles. The molecule has 17 heavy (non-hydrogen) atoms. The molecule has 2 aromatic rings. The van der Waals surface area contributed by atoms with Gasteiger partial charge in [0.15, 0.2) is 0 Å². The van der Waals surface area contributed by atoms with Gasteiger partial charge in [-0.15, -0.1) is 17.9 Å². The van der Waals surface area contributed by atoms with Crippen LogP contribution in [0.15, 0.2) is 36.9 Å². The summed E-state index contributed by atoms with van der Waals surface area (Å²) in [5, 5.41) is 4.52. The molecule has 0 saturated carbocycles. The van der Waals surface area contributed by atoms with E-state index in [0.29, 0.717) is 13.2 Å². The van der Waals surface area contributed by atoms with E-state index in [2.05, 4.69) is 36.2 Å². The van der Waals surface area contributed by atoms with Crippen molar-refractivity contribution in [3.05, 3.63) is 47.4 Å². The molecule has 0 spiro atoms. The Labute approximate surface area is 106 Å². The highest BCUT2D eigenvalue weighted by Gasteiger charge is 2.10. The number of benzene rings is 1. The van der Waals surface area contributed by atoms with Crippen LogP contribution < -0.4 is 5.32 Å². The Morgan fingerprint density at radius 2 is 2.24 bits per heavy atom. The Hall–Kier alpha value is -1.16. The predicted molar refractivity (Wildman–Crippen MR) is 74.4 cm³/mol. The SMILES string of the molecule is C=CCOCc1c(CNC)sc2ccccc12. The molecule has 1 aromatic carbocycles. The van der Waals surface area contributed by atoms with Crippen LogP contribution in [0, 0.1) is 0 Å². The van der Waals surface area contributed by atoms with E-state index in [9.17, 15) is 0 Å². The number of hydrogen-bond acceptors (Lipinski definition) is 3. The summed E-state index contributed by atoms with van der Waals surface area (Å²) in [6.07, 6.45) is 1.78. The molecule has 0 aliphatic heterocycles. The fourth-order valence-corrected chi connectivity index (χ4v) is 3.08. The van der Waals surface area contributed by atoms with Crippen LogP contribution in [-0.4, -0.2) is 13.7 Å². The van der Waals surface area contributed by atoms with Gasteiger partial charge in [-0.1, -0.05) is 24.3 Å². The molecule has 0 bridgehead atoms. The van der Waals surface area contributed by atoms with Gasteiger partial charge in [0.2, 0.25) is 0 Å². The molecule has 0 radical (unpaired) electrons. The second-order valence-corrected chi connectivity index (χ2v) is 4.97. The maximum absolute atomic E-state index is 5.58. The van der Waals surface area contributed by atoms with E-state index >= 15 is 0 Å². The van der Waals surface area contributed by atoms with Gasteiger partial charge in [0, 0.05) is 21.7 Å². The zero-order valence-electron chi connectivity index (χ0n) is 10.0. The molecule has 90 valence electrons. The highest BCUT2D eigenvalue weighted by molar-refractivity contribution is 7.19. The van der Waals surface area contributed by atoms with Crippen LogP contribution in [0.25, 0.3) is 10.1 Å². The highest BCUT2D eigenvalue weighted by atomic mass is 32.1. The van der Waals surface area contributed by atoms with Crippen LogP contribution in [0.1, 0.15) is 10.4 Å². The number of nitrogens with one attached hydrogen (secondary N) is 1. The maximum atomic E-state index is 5.58.